The summed E-state index contributed by atoms with van der Waals surface area (Å²) in [6, 6.07) is 15.0. The lowest BCUT2D eigenvalue weighted by Crippen LogP contribution is -2.13. The van der Waals surface area contributed by atoms with Gasteiger partial charge in [-0.15, -0.1) is 0 Å². The molecule has 0 saturated heterocycles. The van der Waals surface area contributed by atoms with E-state index < -0.39 is 0 Å². The maximum atomic E-state index is 12.2. The fourth-order valence-corrected chi connectivity index (χ4v) is 4.03. The molecule has 3 heterocycles. The van der Waals surface area contributed by atoms with Crippen LogP contribution >= 0.6 is 11.8 Å². The van der Waals surface area contributed by atoms with Crippen LogP contribution in [0.25, 0.3) is 22.0 Å². The lowest BCUT2D eigenvalue weighted by molar-refractivity contribution is 0.489. The number of para-hydroxylation sites is 3. The average molecular weight is 430 g/mol. The summed E-state index contributed by atoms with van der Waals surface area (Å²) < 4.78 is 5.71. The highest BCUT2D eigenvalue weighted by Crippen LogP contribution is 2.26. The van der Waals surface area contributed by atoms with Gasteiger partial charge in [-0.25, -0.2) is 19.9 Å². The number of oxazole rings is 1. The molecule has 8 nitrogen and oxygen atoms in total. The largest absolute Gasteiger partial charge is 0.431 e. The van der Waals surface area contributed by atoms with Gasteiger partial charge in [-0.3, -0.25) is 15.1 Å². The minimum Gasteiger partial charge on any atom is -0.431 e. The first-order valence-electron chi connectivity index (χ1n) is 9.65. The van der Waals surface area contributed by atoms with Gasteiger partial charge >= 0.3 is 0 Å². The molecular weight excluding hydrogens is 412 g/mol. The van der Waals surface area contributed by atoms with Crippen molar-refractivity contribution in [1.29, 1.82) is 0 Å². The fraction of sp³-hybridized carbons (Fsp3) is 0.136. The van der Waals surface area contributed by atoms with Crippen LogP contribution in [-0.4, -0.2) is 24.9 Å². The zero-order valence-electron chi connectivity index (χ0n) is 16.8. The van der Waals surface area contributed by atoms with Crippen LogP contribution in [0, 0.1) is 13.8 Å². The molecule has 0 bridgehead atoms. The van der Waals surface area contributed by atoms with E-state index in [1.165, 1.54) is 17.8 Å². The molecule has 0 saturated carbocycles. The average Bonchev–Trinajstić information content (AvgIpc) is 3.16. The quantitative estimate of drug-likeness (QED) is 0.392. The highest BCUT2D eigenvalue weighted by molar-refractivity contribution is 7.98. The minimum absolute atomic E-state index is 0.264. The second kappa shape index (κ2) is 7.84. The topological polar surface area (TPSA) is 110 Å². The number of thioether (sulfide) groups is 1. The van der Waals surface area contributed by atoms with Gasteiger partial charge in [0.1, 0.15) is 5.52 Å². The van der Waals surface area contributed by atoms with Crippen LogP contribution in [-0.2, 0) is 5.75 Å². The summed E-state index contributed by atoms with van der Waals surface area (Å²) in [6.07, 6.45) is 0. The van der Waals surface area contributed by atoms with E-state index in [1.807, 2.05) is 56.3 Å². The van der Waals surface area contributed by atoms with Gasteiger partial charge in [0.2, 0.25) is 11.9 Å². The Morgan fingerprint density at radius 1 is 1.03 bits per heavy atom. The predicted octanol–water partition coefficient (Wildman–Crippen LogP) is 4.51. The van der Waals surface area contributed by atoms with Crippen molar-refractivity contribution in [3.63, 3.8) is 0 Å². The molecule has 3 aromatic heterocycles. The normalized spacial score (nSPS) is 11.3. The van der Waals surface area contributed by atoms with Gasteiger partial charge in [-0.05, 0) is 31.5 Å². The number of hydrogen-bond donors (Lipinski definition) is 2. The van der Waals surface area contributed by atoms with Crippen molar-refractivity contribution in [3.05, 3.63) is 75.8 Å². The summed E-state index contributed by atoms with van der Waals surface area (Å²) in [5, 5.41) is 4.55. The summed E-state index contributed by atoms with van der Waals surface area (Å²) >= 11 is 1.38. The number of nitrogens with one attached hydrogen (secondary N) is 2. The van der Waals surface area contributed by atoms with Gasteiger partial charge in [0.15, 0.2) is 5.58 Å². The molecule has 2 N–H and O–H groups in total. The number of nitrogens with zero attached hydrogens (tertiary/aromatic N) is 4. The number of aryl methyl sites for hydroxylation is 2. The van der Waals surface area contributed by atoms with Crippen molar-refractivity contribution in [1.82, 2.24) is 24.9 Å². The van der Waals surface area contributed by atoms with Crippen LogP contribution < -0.4 is 10.9 Å². The molecule has 0 unspecified atom stereocenters. The standard InChI is InChI=1S/C22H18N6O2S/c1-12-6-5-7-15-13(2)23-20(27-19(12)15)28-21-24-14(10-18(29)26-21)11-31-22-25-16-8-3-4-9-17(16)30-22/h3-10H,11H2,1-2H3,(H2,23,24,26,27,28,29). The first-order valence-corrected chi connectivity index (χ1v) is 10.6. The number of aromatic nitrogens is 5. The highest BCUT2D eigenvalue weighted by atomic mass is 32.2. The number of benzene rings is 2. The maximum absolute atomic E-state index is 12.2. The molecule has 0 aliphatic carbocycles. The maximum Gasteiger partial charge on any atom is 0.257 e. The molecule has 0 spiro atoms. The van der Waals surface area contributed by atoms with Crippen molar-refractivity contribution in [2.24, 2.45) is 0 Å². The Kier molecular flexibility index (Phi) is 4.87. The Balaban J connectivity index is 1.39. The van der Waals surface area contributed by atoms with Gasteiger partial charge in [0.05, 0.1) is 16.9 Å². The molecule has 5 aromatic rings. The predicted molar refractivity (Wildman–Crippen MR) is 121 cm³/mol. The molecule has 154 valence electrons. The molecule has 2 aromatic carbocycles. The number of hydrogen-bond acceptors (Lipinski definition) is 8. The molecular formula is C22H18N6O2S. The molecule has 0 atom stereocenters. The number of H-pyrrole nitrogens is 1. The highest BCUT2D eigenvalue weighted by Gasteiger charge is 2.11. The molecule has 31 heavy (non-hydrogen) atoms. The van der Waals surface area contributed by atoms with E-state index in [-0.39, 0.29) is 11.5 Å². The zero-order valence-corrected chi connectivity index (χ0v) is 17.7. The van der Waals surface area contributed by atoms with Crippen LogP contribution in [0.1, 0.15) is 17.0 Å². The van der Waals surface area contributed by atoms with Crippen LogP contribution in [0.2, 0.25) is 0 Å². The first-order chi connectivity index (χ1) is 15.0. The lowest BCUT2D eigenvalue weighted by Gasteiger charge is -2.09. The van der Waals surface area contributed by atoms with Crippen molar-refractivity contribution in [2.75, 3.05) is 5.32 Å². The van der Waals surface area contributed by atoms with Crippen molar-refractivity contribution in [2.45, 2.75) is 24.8 Å². The third-order valence-corrected chi connectivity index (χ3v) is 5.62. The van der Waals surface area contributed by atoms with Gasteiger partial charge in [0, 0.05) is 17.2 Å². The Morgan fingerprint density at radius 3 is 2.77 bits per heavy atom. The molecule has 0 aliphatic heterocycles. The van der Waals surface area contributed by atoms with E-state index in [9.17, 15) is 4.79 Å². The van der Waals surface area contributed by atoms with E-state index in [1.54, 1.807) is 0 Å². The Labute approximate surface area is 181 Å². The third-order valence-electron chi connectivity index (χ3n) is 4.76. The van der Waals surface area contributed by atoms with Crippen LogP contribution in [0.5, 0.6) is 0 Å². The summed E-state index contributed by atoms with van der Waals surface area (Å²) in [4.78, 5) is 32.9. The Morgan fingerprint density at radius 2 is 1.90 bits per heavy atom. The summed E-state index contributed by atoms with van der Waals surface area (Å²) in [5.74, 6) is 1.10. The number of aromatic amines is 1. The van der Waals surface area contributed by atoms with Gasteiger partial charge in [-0.1, -0.05) is 42.1 Å². The van der Waals surface area contributed by atoms with Gasteiger partial charge < -0.3 is 4.42 Å². The fourth-order valence-electron chi connectivity index (χ4n) is 3.30. The van der Waals surface area contributed by atoms with E-state index in [0.717, 1.165) is 33.3 Å². The molecule has 0 amide bonds. The summed E-state index contributed by atoms with van der Waals surface area (Å²) in [5.41, 5.74) is 4.61. The Bertz CT molecular complexity index is 1440. The van der Waals surface area contributed by atoms with E-state index >= 15 is 0 Å². The smallest absolute Gasteiger partial charge is 0.257 e. The van der Waals surface area contributed by atoms with Crippen molar-refractivity contribution >= 4 is 45.7 Å². The van der Waals surface area contributed by atoms with Crippen LogP contribution in [0.3, 0.4) is 0 Å². The molecule has 5 rings (SSSR count). The third kappa shape index (κ3) is 3.99. The van der Waals surface area contributed by atoms with Crippen LogP contribution in [0.15, 0.2) is 63.0 Å². The monoisotopic (exact) mass is 430 g/mol. The molecule has 0 radical (unpaired) electrons. The molecule has 0 fully saturated rings. The van der Waals surface area contributed by atoms with Crippen LogP contribution in [0.4, 0.5) is 11.9 Å². The van der Waals surface area contributed by atoms with Crippen molar-refractivity contribution in [3.8, 4) is 0 Å². The minimum atomic E-state index is -0.264. The number of anilines is 2. The molecule has 9 heteroatoms. The Hall–Kier alpha value is -3.72. The van der Waals surface area contributed by atoms with Gasteiger partial charge in [0.25, 0.3) is 10.8 Å². The summed E-state index contributed by atoms with van der Waals surface area (Å²) in [7, 11) is 0. The number of fused-ring (bicyclic) bond motifs is 2. The SMILES string of the molecule is Cc1nc(Nc2nc(CSc3nc4ccccc4o3)cc(=O)[nH]2)nc2c(C)cccc12. The van der Waals surface area contributed by atoms with Gasteiger partial charge in [-0.2, -0.15) is 0 Å². The van der Waals surface area contributed by atoms with E-state index in [0.29, 0.717) is 22.6 Å². The second-order valence-corrected chi connectivity index (χ2v) is 7.98. The second-order valence-electron chi connectivity index (χ2n) is 7.05. The number of rotatable bonds is 5. The zero-order chi connectivity index (χ0) is 21.4. The first kappa shape index (κ1) is 19.3. The lowest BCUT2D eigenvalue weighted by atomic mass is 10.1. The summed E-state index contributed by atoms with van der Waals surface area (Å²) in [6.45, 7) is 3.93. The van der Waals surface area contributed by atoms with Crippen molar-refractivity contribution < 1.29 is 4.42 Å². The van der Waals surface area contributed by atoms with E-state index in [2.05, 4.69) is 30.2 Å². The molecule has 0 aliphatic rings. The van der Waals surface area contributed by atoms with E-state index in [4.69, 9.17) is 4.42 Å².